The Bertz CT molecular complexity index is 1120. The van der Waals surface area contributed by atoms with Gasteiger partial charge in [-0.15, -0.1) is 0 Å². The Kier molecular flexibility index (Phi) is 4.68. The molecule has 1 aliphatic heterocycles. The average molecular weight is 393 g/mol. The predicted octanol–water partition coefficient (Wildman–Crippen LogP) is 3.93. The Hall–Kier alpha value is -3.06. The zero-order valence-corrected chi connectivity index (χ0v) is 16.4. The Balaban J connectivity index is 1.34. The van der Waals surface area contributed by atoms with Gasteiger partial charge in [0.05, 0.1) is 21.3 Å². The van der Waals surface area contributed by atoms with E-state index in [-0.39, 0.29) is 30.7 Å². The van der Waals surface area contributed by atoms with Gasteiger partial charge in [0.25, 0.3) is 11.8 Å². The van der Waals surface area contributed by atoms with Crippen LogP contribution in [0, 0.1) is 13.8 Å². The number of rotatable bonds is 5. The standard InChI is InChI=1S/C21H19N3O3S/c1-12-5-7-14-15(10-12)20(27)24(19(14)26)9-3-4-18(25)23-21-22-16-8-6-13(2)11-17(16)28-21/h5-8,10-11H,3-4,9H2,1-2H3,(H,22,23,25). The van der Waals surface area contributed by atoms with Crippen molar-refractivity contribution in [3.63, 3.8) is 0 Å². The maximum Gasteiger partial charge on any atom is 0.261 e. The van der Waals surface area contributed by atoms with Gasteiger partial charge in [-0.2, -0.15) is 0 Å². The molecule has 0 saturated heterocycles. The first kappa shape index (κ1) is 18.3. The van der Waals surface area contributed by atoms with Crippen LogP contribution in [0.4, 0.5) is 5.13 Å². The number of anilines is 1. The summed E-state index contributed by atoms with van der Waals surface area (Å²) in [4.78, 5) is 42.7. The molecule has 3 aromatic rings. The largest absolute Gasteiger partial charge is 0.302 e. The smallest absolute Gasteiger partial charge is 0.261 e. The zero-order chi connectivity index (χ0) is 19.8. The summed E-state index contributed by atoms with van der Waals surface area (Å²) >= 11 is 1.43. The quantitative estimate of drug-likeness (QED) is 0.666. The van der Waals surface area contributed by atoms with Crippen LogP contribution in [-0.4, -0.2) is 34.2 Å². The first-order chi connectivity index (χ1) is 13.4. The molecule has 0 spiro atoms. The average Bonchev–Trinajstić information content (AvgIpc) is 3.14. The first-order valence-electron chi connectivity index (χ1n) is 9.06. The SMILES string of the molecule is Cc1ccc2c(c1)C(=O)N(CCCC(=O)Nc1nc3ccc(C)cc3s1)C2=O. The van der Waals surface area contributed by atoms with Crippen LogP contribution in [-0.2, 0) is 4.79 Å². The molecule has 2 aromatic carbocycles. The van der Waals surface area contributed by atoms with E-state index in [0.717, 1.165) is 21.3 Å². The highest BCUT2D eigenvalue weighted by Gasteiger charge is 2.34. The fourth-order valence-corrected chi connectivity index (χ4v) is 4.25. The van der Waals surface area contributed by atoms with Gasteiger partial charge < -0.3 is 5.32 Å². The van der Waals surface area contributed by atoms with Crippen molar-refractivity contribution >= 4 is 44.4 Å². The normalized spacial score (nSPS) is 13.3. The second kappa shape index (κ2) is 7.16. The molecular weight excluding hydrogens is 374 g/mol. The molecule has 6 nitrogen and oxygen atoms in total. The number of nitrogens with zero attached hydrogens (tertiary/aromatic N) is 2. The van der Waals surface area contributed by atoms with Crippen LogP contribution in [0.1, 0.15) is 44.7 Å². The highest BCUT2D eigenvalue weighted by molar-refractivity contribution is 7.22. The van der Waals surface area contributed by atoms with Gasteiger partial charge >= 0.3 is 0 Å². The van der Waals surface area contributed by atoms with Crippen molar-refractivity contribution < 1.29 is 14.4 Å². The molecule has 28 heavy (non-hydrogen) atoms. The number of fused-ring (bicyclic) bond motifs is 2. The van der Waals surface area contributed by atoms with Crippen LogP contribution in [0.2, 0.25) is 0 Å². The first-order valence-corrected chi connectivity index (χ1v) is 9.88. The van der Waals surface area contributed by atoms with Crippen LogP contribution >= 0.6 is 11.3 Å². The molecule has 142 valence electrons. The van der Waals surface area contributed by atoms with Crippen molar-refractivity contribution in [1.29, 1.82) is 0 Å². The Morgan fingerprint density at radius 1 is 1.04 bits per heavy atom. The van der Waals surface area contributed by atoms with Crippen molar-refractivity contribution in [2.45, 2.75) is 26.7 Å². The third-order valence-corrected chi connectivity index (χ3v) is 5.64. The number of aryl methyl sites for hydroxylation is 2. The number of amides is 3. The minimum atomic E-state index is -0.290. The van der Waals surface area contributed by atoms with Gasteiger partial charge in [-0.05, 0) is 50.1 Å². The molecule has 1 aromatic heterocycles. The number of thiazole rings is 1. The molecule has 1 N–H and O–H groups in total. The molecule has 0 atom stereocenters. The number of hydrogen-bond acceptors (Lipinski definition) is 5. The van der Waals surface area contributed by atoms with Crippen molar-refractivity contribution in [2.24, 2.45) is 0 Å². The molecule has 0 unspecified atom stereocenters. The summed E-state index contributed by atoms with van der Waals surface area (Å²) in [6, 6.07) is 11.2. The molecule has 7 heteroatoms. The summed E-state index contributed by atoms with van der Waals surface area (Å²) in [7, 11) is 0. The van der Waals surface area contributed by atoms with E-state index >= 15 is 0 Å². The molecule has 2 heterocycles. The van der Waals surface area contributed by atoms with E-state index in [1.54, 1.807) is 12.1 Å². The Morgan fingerprint density at radius 3 is 2.57 bits per heavy atom. The zero-order valence-electron chi connectivity index (χ0n) is 15.6. The topological polar surface area (TPSA) is 79.4 Å². The fourth-order valence-electron chi connectivity index (χ4n) is 3.27. The van der Waals surface area contributed by atoms with Gasteiger partial charge in [0.2, 0.25) is 5.91 Å². The van der Waals surface area contributed by atoms with Gasteiger partial charge in [0.15, 0.2) is 5.13 Å². The van der Waals surface area contributed by atoms with Crippen LogP contribution in [0.3, 0.4) is 0 Å². The van der Waals surface area contributed by atoms with Gasteiger partial charge in [-0.3, -0.25) is 19.3 Å². The van der Waals surface area contributed by atoms with Crippen LogP contribution in [0.5, 0.6) is 0 Å². The van der Waals surface area contributed by atoms with E-state index in [1.807, 2.05) is 38.1 Å². The van der Waals surface area contributed by atoms with E-state index in [9.17, 15) is 14.4 Å². The Morgan fingerprint density at radius 2 is 1.75 bits per heavy atom. The summed E-state index contributed by atoms with van der Waals surface area (Å²) in [6.07, 6.45) is 0.613. The summed E-state index contributed by atoms with van der Waals surface area (Å²) < 4.78 is 1.02. The number of carbonyl (C=O) groups is 3. The van der Waals surface area contributed by atoms with E-state index in [2.05, 4.69) is 10.3 Å². The van der Waals surface area contributed by atoms with Gasteiger partial charge in [0.1, 0.15) is 0 Å². The summed E-state index contributed by atoms with van der Waals surface area (Å²) in [5.41, 5.74) is 3.81. The number of benzene rings is 2. The number of aromatic nitrogens is 1. The number of nitrogens with one attached hydrogen (secondary N) is 1. The minimum Gasteiger partial charge on any atom is -0.302 e. The van der Waals surface area contributed by atoms with E-state index in [4.69, 9.17) is 0 Å². The number of imide groups is 1. The molecule has 0 bridgehead atoms. The van der Waals surface area contributed by atoms with Crippen LogP contribution < -0.4 is 5.32 Å². The number of carbonyl (C=O) groups excluding carboxylic acids is 3. The van der Waals surface area contributed by atoms with Gasteiger partial charge in [-0.25, -0.2) is 4.98 Å². The molecule has 1 aliphatic rings. The van der Waals surface area contributed by atoms with Crippen LogP contribution in [0.25, 0.3) is 10.2 Å². The van der Waals surface area contributed by atoms with E-state index in [1.165, 1.54) is 16.2 Å². The maximum absolute atomic E-state index is 12.4. The molecule has 0 fully saturated rings. The number of hydrogen-bond donors (Lipinski definition) is 1. The second-order valence-electron chi connectivity index (χ2n) is 6.95. The van der Waals surface area contributed by atoms with Crippen LogP contribution in [0.15, 0.2) is 36.4 Å². The molecule has 0 aliphatic carbocycles. The third kappa shape index (κ3) is 3.41. The minimum absolute atomic E-state index is 0.178. The fraction of sp³-hybridized carbons (Fsp3) is 0.238. The highest BCUT2D eigenvalue weighted by Crippen LogP contribution is 2.27. The lowest BCUT2D eigenvalue weighted by Gasteiger charge is -2.13. The van der Waals surface area contributed by atoms with E-state index in [0.29, 0.717) is 22.7 Å². The van der Waals surface area contributed by atoms with Crippen molar-refractivity contribution in [1.82, 2.24) is 9.88 Å². The summed E-state index contributed by atoms with van der Waals surface area (Å²) in [5, 5.41) is 3.36. The molecular formula is C21H19N3O3S. The summed E-state index contributed by atoms with van der Waals surface area (Å²) in [6.45, 7) is 4.12. The van der Waals surface area contributed by atoms with Gasteiger partial charge in [-0.1, -0.05) is 29.0 Å². The molecule has 0 saturated carbocycles. The lowest BCUT2D eigenvalue weighted by molar-refractivity contribution is -0.116. The molecule has 0 radical (unpaired) electrons. The Labute approximate surface area is 166 Å². The van der Waals surface area contributed by atoms with E-state index < -0.39 is 0 Å². The summed E-state index contributed by atoms with van der Waals surface area (Å²) in [5.74, 6) is -0.754. The highest BCUT2D eigenvalue weighted by atomic mass is 32.1. The third-order valence-electron chi connectivity index (χ3n) is 4.70. The lowest BCUT2D eigenvalue weighted by atomic mass is 10.1. The predicted molar refractivity (Wildman–Crippen MR) is 109 cm³/mol. The molecule has 4 rings (SSSR count). The lowest BCUT2D eigenvalue weighted by Crippen LogP contribution is -2.31. The van der Waals surface area contributed by atoms with Crippen molar-refractivity contribution in [3.05, 3.63) is 58.7 Å². The maximum atomic E-state index is 12.4. The second-order valence-corrected chi connectivity index (χ2v) is 7.98. The monoisotopic (exact) mass is 393 g/mol. The molecule has 3 amide bonds. The van der Waals surface area contributed by atoms with Crippen molar-refractivity contribution in [3.8, 4) is 0 Å². The van der Waals surface area contributed by atoms with Crippen molar-refractivity contribution in [2.75, 3.05) is 11.9 Å². The van der Waals surface area contributed by atoms with Gasteiger partial charge in [0, 0.05) is 13.0 Å².